The third-order valence-electron chi connectivity index (χ3n) is 3.12. The Hall–Kier alpha value is -2.66. The summed E-state index contributed by atoms with van der Waals surface area (Å²) in [5.41, 5.74) is 1.50. The lowest BCUT2D eigenvalue weighted by Gasteiger charge is -2.08. The molecule has 0 spiro atoms. The lowest BCUT2D eigenvalue weighted by atomic mass is 10.2. The van der Waals surface area contributed by atoms with E-state index in [9.17, 15) is 4.79 Å². The number of ether oxygens (including phenoxy) is 1. The van der Waals surface area contributed by atoms with Crippen molar-refractivity contribution in [3.8, 4) is 5.75 Å². The predicted octanol–water partition coefficient (Wildman–Crippen LogP) is 3.54. The highest BCUT2D eigenvalue weighted by Gasteiger charge is 2.11. The molecule has 0 saturated heterocycles. The number of rotatable bonds is 3. The van der Waals surface area contributed by atoms with Gasteiger partial charge in [0, 0.05) is 17.3 Å². The number of aromatic nitrogens is 2. The Morgan fingerprint density at radius 3 is 2.86 bits per heavy atom. The Kier molecular flexibility index (Phi) is 3.89. The standard InChI is InChI=1S/C16H12ClN3O2/c1-22-13-4-2-3-10-5-6-12(20-15(10)13)16(21)19-11-7-8-18-14(17)9-11/h2-9H,1H3,(H,18,19,21). The lowest BCUT2D eigenvalue weighted by molar-refractivity contribution is 0.102. The number of carbonyl (C=O) groups excluding carboxylic acids is 1. The van der Waals surface area contributed by atoms with Gasteiger partial charge >= 0.3 is 0 Å². The van der Waals surface area contributed by atoms with Crippen molar-refractivity contribution in [1.29, 1.82) is 0 Å². The van der Waals surface area contributed by atoms with E-state index in [1.165, 1.54) is 6.20 Å². The van der Waals surface area contributed by atoms with E-state index in [1.807, 2.05) is 18.2 Å². The predicted molar refractivity (Wildman–Crippen MR) is 85.5 cm³/mol. The van der Waals surface area contributed by atoms with Crippen molar-refractivity contribution in [2.75, 3.05) is 12.4 Å². The van der Waals surface area contributed by atoms with Gasteiger partial charge in [0.2, 0.25) is 0 Å². The second-order valence-electron chi connectivity index (χ2n) is 4.55. The van der Waals surface area contributed by atoms with Crippen LogP contribution in [-0.2, 0) is 0 Å². The van der Waals surface area contributed by atoms with Crippen molar-refractivity contribution in [2.24, 2.45) is 0 Å². The number of halogens is 1. The molecule has 0 unspecified atom stereocenters. The fraction of sp³-hybridized carbons (Fsp3) is 0.0625. The van der Waals surface area contributed by atoms with Crippen LogP contribution in [0.3, 0.4) is 0 Å². The molecule has 0 fully saturated rings. The summed E-state index contributed by atoms with van der Waals surface area (Å²) in [6.45, 7) is 0. The minimum atomic E-state index is -0.324. The van der Waals surface area contributed by atoms with Crippen LogP contribution in [0.15, 0.2) is 48.7 Å². The smallest absolute Gasteiger partial charge is 0.274 e. The van der Waals surface area contributed by atoms with Crippen molar-refractivity contribution in [3.05, 3.63) is 59.5 Å². The van der Waals surface area contributed by atoms with E-state index in [0.717, 1.165) is 5.39 Å². The van der Waals surface area contributed by atoms with Gasteiger partial charge in [0.15, 0.2) is 0 Å². The third kappa shape index (κ3) is 2.84. The van der Waals surface area contributed by atoms with E-state index in [4.69, 9.17) is 16.3 Å². The Bertz CT molecular complexity index is 852. The molecule has 5 nitrogen and oxygen atoms in total. The molecule has 110 valence electrons. The van der Waals surface area contributed by atoms with E-state index < -0.39 is 0 Å². The topological polar surface area (TPSA) is 64.1 Å². The van der Waals surface area contributed by atoms with E-state index in [1.54, 1.807) is 31.4 Å². The van der Waals surface area contributed by atoms with Gasteiger partial charge in [0.1, 0.15) is 22.1 Å². The first-order valence-corrected chi connectivity index (χ1v) is 6.92. The second-order valence-corrected chi connectivity index (χ2v) is 4.94. The van der Waals surface area contributed by atoms with E-state index in [-0.39, 0.29) is 5.91 Å². The summed E-state index contributed by atoms with van der Waals surface area (Å²) < 4.78 is 5.28. The van der Waals surface area contributed by atoms with Crippen LogP contribution in [0.5, 0.6) is 5.75 Å². The monoisotopic (exact) mass is 313 g/mol. The zero-order chi connectivity index (χ0) is 15.5. The Labute approximate surface area is 131 Å². The molecule has 0 aliphatic rings. The third-order valence-corrected chi connectivity index (χ3v) is 3.33. The van der Waals surface area contributed by atoms with Crippen molar-refractivity contribution < 1.29 is 9.53 Å². The molecule has 0 radical (unpaired) electrons. The summed E-state index contributed by atoms with van der Waals surface area (Å²) in [6, 6.07) is 12.3. The molecule has 1 amide bonds. The van der Waals surface area contributed by atoms with Crippen molar-refractivity contribution in [2.45, 2.75) is 0 Å². The molecular weight excluding hydrogens is 302 g/mol. The van der Waals surface area contributed by atoms with Gasteiger partial charge in [-0.15, -0.1) is 0 Å². The van der Waals surface area contributed by atoms with Crippen molar-refractivity contribution >= 4 is 34.1 Å². The van der Waals surface area contributed by atoms with Crippen LogP contribution in [0.2, 0.25) is 5.15 Å². The molecule has 0 bridgehead atoms. The number of fused-ring (bicyclic) bond motifs is 1. The quantitative estimate of drug-likeness (QED) is 0.751. The molecule has 0 aliphatic carbocycles. The molecule has 22 heavy (non-hydrogen) atoms. The first-order chi connectivity index (χ1) is 10.7. The van der Waals surface area contributed by atoms with Gasteiger partial charge in [0.25, 0.3) is 5.91 Å². The van der Waals surface area contributed by atoms with Gasteiger partial charge in [-0.2, -0.15) is 0 Å². The summed E-state index contributed by atoms with van der Waals surface area (Å²) >= 11 is 5.80. The number of carbonyl (C=O) groups is 1. The SMILES string of the molecule is COc1cccc2ccc(C(=O)Nc3ccnc(Cl)c3)nc12. The molecule has 3 aromatic rings. The van der Waals surface area contributed by atoms with Gasteiger partial charge < -0.3 is 10.1 Å². The minimum Gasteiger partial charge on any atom is -0.494 e. The summed E-state index contributed by atoms with van der Waals surface area (Å²) in [4.78, 5) is 20.5. The number of nitrogens with zero attached hydrogens (tertiary/aromatic N) is 2. The number of nitrogens with one attached hydrogen (secondary N) is 1. The molecule has 0 saturated carbocycles. The molecular formula is C16H12ClN3O2. The highest BCUT2D eigenvalue weighted by atomic mass is 35.5. The highest BCUT2D eigenvalue weighted by molar-refractivity contribution is 6.29. The average Bonchev–Trinajstić information content (AvgIpc) is 2.53. The zero-order valence-electron chi connectivity index (χ0n) is 11.7. The molecule has 0 aliphatic heterocycles. The Morgan fingerprint density at radius 2 is 2.09 bits per heavy atom. The van der Waals surface area contributed by atoms with Gasteiger partial charge in [-0.3, -0.25) is 4.79 Å². The number of pyridine rings is 2. The maximum Gasteiger partial charge on any atom is 0.274 e. The maximum absolute atomic E-state index is 12.3. The Morgan fingerprint density at radius 1 is 1.23 bits per heavy atom. The molecule has 3 rings (SSSR count). The van der Waals surface area contributed by atoms with Gasteiger partial charge in [0.05, 0.1) is 7.11 Å². The summed E-state index contributed by atoms with van der Waals surface area (Å²) in [5, 5.41) is 3.95. The number of methoxy groups -OCH3 is 1. The average molecular weight is 314 g/mol. The number of amides is 1. The molecule has 2 heterocycles. The number of benzene rings is 1. The first kappa shape index (κ1) is 14.3. The van der Waals surface area contributed by atoms with Crippen LogP contribution in [-0.4, -0.2) is 23.0 Å². The van der Waals surface area contributed by atoms with Crippen LogP contribution in [0.4, 0.5) is 5.69 Å². The van der Waals surface area contributed by atoms with Gasteiger partial charge in [-0.1, -0.05) is 29.8 Å². The van der Waals surface area contributed by atoms with E-state index in [2.05, 4.69) is 15.3 Å². The minimum absolute atomic E-state index is 0.296. The van der Waals surface area contributed by atoms with Gasteiger partial charge in [-0.05, 0) is 24.3 Å². The van der Waals surface area contributed by atoms with E-state index in [0.29, 0.717) is 27.8 Å². The first-order valence-electron chi connectivity index (χ1n) is 6.54. The Balaban J connectivity index is 1.94. The summed E-state index contributed by atoms with van der Waals surface area (Å²) in [7, 11) is 1.57. The number of hydrogen-bond acceptors (Lipinski definition) is 4. The van der Waals surface area contributed by atoms with Crippen LogP contribution in [0.1, 0.15) is 10.5 Å². The molecule has 2 aromatic heterocycles. The highest BCUT2D eigenvalue weighted by Crippen LogP contribution is 2.23. The molecule has 0 atom stereocenters. The van der Waals surface area contributed by atoms with Crippen molar-refractivity contribution in [3.63, 3.8) is 0 Å². The summed E-state index contributed by atoms with van der Waals surface area (Å²) in [5.74, 6) is 0.300. The van der Waals surface area contributed by atoms with Crippen LogP contribution in [0, 0.1) is 0 Å². The number of hydrogen-bond donors (Lipinski definition) is 1. The normalized spacial score (nSPS) is 10.5. The van der Waals surface area contributed by atoms with Gasteiger partial charge in [-0.25, -0.2) is 9.97 Å². The zero-order valence-corrected chi connectivity index (χ0v) is 12.5. The molecule has 6 heteroatoms. The number of anilines is 1. The van der Waals surface area contributed by atoms with Crippen molar-refractivity contribution in [1.82, 2.24) is 9.97 Å². The van der Waals surface area contributed by atoms with Crippen LogP contribution in [0.25, 0.3) is 10.9 Å². The fourth-order valence-electron chi connectivity index (χ4n) is 2.09. The second kappa shape index (κ2) is 5.99. The largest absolute Gasteiger partial charge is 0.494 e. The van der Waals surface area contributed by atoms with Crippen LogP contribution >= 0.6 is 11.6 Å². The lowest BCUT2D eigenvalue weighted by Crippen LogP contribution is -2.13. The molecule has 1 aromatic carbocycles. The fourth-order valence-corrected chi connectivity index (χ4v) is 2.26. The molecule has 1 N–H and O–H groups in total. The van der Waals surface area contributed by atoms with Crippen LogP contribution < -0.4 is 10.1 Å². The number of para-hydroxylation sites is 1. The maximum atomic E-state index is 12.3. The summed E-state index contributed by atoms with van der Waals surface area (Å²) in [6.07, 6.45) is 1.52. The van der Waals surface area contributed by atoms with E-state index >= 15 is 0 Å².